The average Bonchev–Trinajstić information content (AvgIpc) is 3.29. The van der Waals surface area contributed by atoms with E-state index in [4.69, 9.17) is 9.47 Å². The van der Waals surface area contributed by atoms with Crippen molar-refractivity contribution in [1.82, 2.24) is 0 Å². The maximum Gasteiger partial charge on any atom is -0.00152 e. The van der Waals surface area contributed by atoms with E-state index in [1.807, 2.05) is 12.2 Å². The predicted molar refractivity (Wildman–Crippen MR) is 266 cm³/mol. The van der Waals surface area contributed by atoms with Crippen molar-refractivity contribution >= 4 is 23.2 Å². The number of rotatable bonds is 31. The maximum absolute atomic E-state index is 6.44. The molecule has 5 aromatic carbocycles. The second-order valence-corrected chi connectivity index (χ2v) is 20.8. The molecule has 0 N–H and O–H groups in total. The minimum absolute atomic E-state index is 0.747. The molecule has 320 valence electrons. The molecule has 0 aliphatic carbocycles. The number of allylic oxidation sites excluding steroid dienone is 2. The summed E-state index contributed by atoms with van der Waals surface area (Å²) in [6.07, 6.45) is 28.6. The van der Waals surface area contributed by atoms with Gasteiger partial charge in [0.2, 0.25) is 0 Å². The molecule has 0 heterocycles. The molecule has 5 rings (SSSR count). The van der Waals surface area contributed by atoms with Gasteiger partial charge in [0.25, 0.3) is 0 Å². The third-order valence-electron chi connectivity index (χ3n) is 12.2. The quantitative estimate of drug-likeness (QED) is 0.0252. The van der Waals surface area contributed by atoms with Crippen LogP contribution in [0.1, 0.15) is 127 Å². The zero-order valence-electron chi connectivity index (χ0n) is 37.1. The summed E-state index contributed by atoms with van der Waals surface area (Å²) in [5.74, 6) is 1.93. The molecule has 0 aromatic heterocycles. The molecule has 0 bridgehead atoms. The van der Waals surface area contributed by atoms with Gasteiger partial charge < -0.3 is 4.74 Å². The Morgan fingerprint density at radius 3 is 1.40 bits per heavy atom. The van der Waals surface area contributed by atoms with Crippen LogP contribution in [0, 0.1) is 0 Å². The number of ether oxygens (including phenoxy) is 2. The predicted octanol–water partition coefficient (Wildman–Crippen LogP) is 14.9. The van der Waals surface area contributed by atoms with Crippen LogP contribution >= 0.6 is 7.26 Å². The van der Waals surface area contributed by atoms with Gasteiger partial charge in [-0.2, -0.15) is 0 Å². The summed E-state index contributed by atoms with van der Waals surface area (Å²) in [7, 11) is -2.12. The molecular weight excluding hydrogens is 748 g/mol. The molecule has 0 amide bonds. The number of unbranched alkanes of at least 4 members (excludes halogenated alkanes) is 15. The summed E-state index contributed by atoms with van der Waals surface area (Å²) < 4.78 is 12.9. The third-order valence-corrected chi connectivity index (χ3v) is 17.2. The standard InChI is InChI=1S/C57H75O2P/c1-4-7-8-9-10-11-14-18-30-45-59-57-42-40-49(32-5-2)47-55(57)50-41-43-56(51(48-50)33-6-3)58-44-29-17-15-12-13-16-19-31-46-60(52-34-23-20-24-35-52,53-36-25-21-26-37-53)54-38-27-22-28-39-54/h5-6,20-28,34-43,47-48,60H,2-4,7-19,29-33,44-46H2,1H3. The van der Waals surface area contributed by atoms with Crippen molar-refractivity contribution in [2.24, 2.45) is 0 Å². The van der Waals surface area contributed by atoms with Crippen molar-refractivity contribution in [3.63, 3.8) is 0 Å². The monoisotopic (exact) mass is 823 g/mol. The minimum atomic E-state index is -2.12. The second-order valence-electron chi connectivity index (χ2n) is 16.7. The van der Waals surface area contributed by atoms with Crippen molar-refractivity contribution in [3.8, 4) is 22.6 Å². The first-order valence-electron chi connectivity index (χ1n) is 23.6. The molecule has 0 radical (unpaired) electrons. The first-order chi connectivity index (χ1) is 29.7. The molecule has 0 fully saturated rings. The third kappa shape index (κ3) is 14.7. The summed E-state index contributed by atoms with van der Waals surface area (Å²) in [6, 6.07) is 47.3. The molecule has 2 nitrogen and oxygen atoms in total. The number of benzene rings is 5. The van der Waals surface area contributed by atoms with Gasteiger partial charge in [-0.3, -0.25) is 0 Å². The van der Waals surface area contributed by atoms with Crippen LogP contribution in [0.2, 0.25) is 0 Å². The number of hydrogen-bond donors (Lipinski definition) is 0. The van der Waals surface area contributed by atoms with Crippen molar-refractivity contribution in [1.29, 1.82) is 0 Å². The topological polar surface area (TPSA) is 18.5 Å². The van der Waals surface area contributed by atoms with E-state index in [1.54, 1.807) is 0 Å². The fourth-order valence-electron chi connectivity index (χ4n) is 8.86. The van der Waals surface area contributed by atoms with Gasteiger partial charge in [0.1, 0.15) is 5.75 Å². The van der Waals surface area contributed by atoms with Gasteiger partial charge in [-0.05, 0) is 60.2 Å². The molecule has 0 saturated heterocycles. The Balaban J connectivity index is 1.06. The van der Waals surface area contributed by atoms with Crippen LogP contribution in [0.4, 0.5) is 0 Å². The van der Waals surface area contributed by atoms with Gasteiger partial charge in [0.05, 0.1) is 6.61 Å². The Morgan fingerprint density at radius 2 is 0.900 bits per heavy atom. The average molecular weight is 823 g/mol. The number of hydrogen-bond acceptors (Lipinski definition) is 2. The van der Waals surface area contributed by atoms with Crippen molar-refractivity contribution in [2.45, 2.75) is 129 Å². The molecule has 5 aromatic rings. The van der Waals surface area contributed by atoms with E-state index in [-0.39, 0.29) is 0 Å². The fourth-order valence-corrected chi connectivity index (χ4v) is 13.8. The second kappa shape index (κ2) is 27.5. The van der Waals surface area contributed by atoms with Crippen LogP contribution in [0.25, 0.3) is 11.1 Å². The van der Waals surface area contributed by atoms with E-state index in [0.29, 0.717) is 0 Å². The maximum atomic E-state index is 6.44. The van der Waals surface area contributed by atoms with Gasteiger partial charge in [0, 0.05) is 5.56 Å². The van der Waals surface area contributed by atoms with Gasteiger partial charge in [-0.25, -0.2) is 0 Å². The van der Waals surface area contributed by atoms with Crippen LogP contribution in [0.3, 0.4) is 0 Å². The van der Waals surface area contributed by atoms with Crippen LogP contribution in [0.15, 0.2) is 153 Å². The van der Waals surface area contributed by atoms with E-state index in [0.717, 1.165) is 56.0 Å². The largest absolute Gasteiger partial charge is 0.103 e. The molecule has 0 atom stereocenters. The fraction of sp³-hybridized carbons (Fsp3) is 0.404. The summed E-state index contributed by atoms with van der Waals surface area (Å²) in [5, 5.41) is 4.55. The van der Waals surface area contributed by atoms with E-state index < -0.39 is 7.26 Å². The Hall–Kier alpha value is -4.39. The smallest absolute Gasteiger partial charge is 0.00152 e. The summed E-state index contributed by atoms with van der Waals surface area (Å²) >= 11 is 0. The van der Waals surface area contributed by atoms with E-state index in [9.17, 15) is 0 Å². The molecule has 3 heteroatoms. The molecule has 0 unspecified atom stereocenters. The Labute approximate surface area is 365 Å². The van der Waals surface area contributed by atoms with Crippen LogP contribution in [0.5, 0.6) is 11.5 Å². The van der Waals surface area contributed by atoms with Crippen LogP contribution in [-0.4, -0.2) is 19.4 Å². The summed E-state index contributed by atoms with van der Waals surface area (Å²) in [5.41, 5.74) is 4.74. The van der Waals surface area contributed by atoms with Gasteiger partial charge in [-0.15, -0.1) is 13.2 Å². The van der Waals surface area contributed by atoms with E-state index in [1.165, 1.54) is 135 Å². The molecule has 0 saturated carbocycles. The molecular formula is C57H75O2P. The molecule has 0 aliphatic heterocycles. The Kier molecular flexibility index (Phi) is 21.4. The molecule has 0 spiro atoms. The van der Waals surface area contributed by atoms with Gasteiger partial charge >= 0.3 is 189 Å². The Morgan fingerprint density at radius 1 is 0.450 bits per heavy atom. The van der Waals surface area contributed by atoms with Crippen LogP contribution < -0.4 is 25.4 Å². The van der Waals surface area contributed by atoms with Crippen LogP contribution in [-0.2, 0) is 12.8 Å². The van der Waals surface area contributed by atoms with Crippen molar-refractivity contribution in [2.75, 3.05) is 19.4 Å². The SMILES string of the molecule is C=CCc1ccc(OCCCCCCCCCCC)c(-c2ccc(OCCCCCCCCCC[PH](c3ccccc3)(c3ccccc3)c3ccccc3)c(CC=C)c2)c1. The zero-order chi connectivity index (χ0) is 41.9. The molecule has 0 aliphatic rings. The van der Waals surface area contributed by atoms with Crippen molar-refractivity contribution < 1.29 is 9.47 Å². The first kappa shape index (κ1) is 46.7. The summed E-state index contributed by atoms with van der Waals surface area (Å²) in [6.45, 7) is 11.8. The zero-order valence-corrected chi connectivity index (χ0v) is 38.1. The van der Waals surface area contributed by atoms with Crippen molar-refractivity contribution in [3.05, 3.63) is 164 Å². The normalized spacial score (nSPS) is 11.6. The summed E-state index contributed by atoms with van der Waals surface area (Å²) in [4.78, 5) is 0. The van der Waals surface area contributed by atoms with E-state index in [2.05, 4.69) is 147 Å². The minimum Gasteiger partial charge on any atom is -0.103 e. The van der Waals surface area contributed by atoms with Gasteiger partial charge in [-0.1, -0.05) is 82.6 Å². The molecule has 60 heavy (non-hydrogen) atoms. The Bertz CT molecular complexity index is 1820. The van der Waals surface area contributed by atoms with Gasteiger partial charge in [0.15, 0.2) is 0 Å². The van der Waals surface area contributed by atoms with E-state index >= 15 is 0 Å². The first-order valence-corrected chi connectivity index (χ1v) is 25.8.